The second-order valence-electron chi connectivity index (χ2n) is 5.63. The first-order valence-electron chi connectivity index (χ1n) is 8.04. The van der Waals surface area contributed by atoms with E-state index in [1.165, 1.54) is 5.56 Å². The fourth-order valence-electron chi connectivity index (χ4n) is 2.93. The number of carbonyl (C=O) groups is 1. The fraction of sp³-hybridized carbons (Fsp3) is 0.389. The number of ether oxygens (including phenoxy) is 2. The molecule has 0 saturated carbocycles. The van der Waals surface area contributed by atoms with Crippen molar-refractivity contribution < 1.29 is 14.3 Å². The van der Waals surface area contributed by atoms with Crippen LogP contribution in [0, 0.1) is 0 Å². The zero-order chi connectivity index (χ0) is 16.8. The average Bonchev–Trinajstić information content (AvgIpc) is 3.17. The number of hydrogen-bond acceptors (Lipinski definition) is 5. The van der Waals surface area contributed by atoms with Gasteiger partial charge in [-0.3, -0.25) is 9.69 Å². The first-order chi connectivity index (χ1) is 11.8. The zero-order valence-electron chi connectivity index (χ0n) is 13.7. The minimum atomic E-state index is -0.110. The lowest BCUT2D eigenvalue weighted by Gasteiger charge is -2.34. The Morgan fingerprint density at radius 3 is 2.83 bits per heavy atom. The van der Waals surface area contributed by atoms with Crippen LogP contribution in [0.2, 0.25) is 0 Å². The van der Waals surface area contributed by atoms with E-state index in [4.69, 9.17) is 9.47 Å². The van der Waals surface area contributed by atoms with Crippen LogP contribution in [0.25, 0.3) is 0 Å². The van der Waals surface area contributed by atoms with Crippen molar-refractivity contribution in [1.29, 1.82) is 0 Å². The van der Waals surface area contributed by atoms with Crippen LogP contribution >= 0.6 is 11.3 Å². The molecule has 1 aliphatic rings. The Labute approximate surface area is 146 Å². The van der Waals surface area contributed by atoms with Crippen LogP contribution < -0.4 is 10.1 Å². The second-order valence-corrected chi connectivity index (χ2v) is 6.41. The smallest absolute Gasteiger partial charge is 0.255 e. The lowest BCUT2D eigenvalue weighted by Crippen LogP contribution is -2.43. The predicted octanol–water partition coefficient (Wildman–Crippen LogP) is 2.56. The molecule has 1 fully saturated rings. The third kappa shape index (κ3) is 3.95. The number of benzene rings is 1. The highest BCUT2D eigenvalue weighted by Gasteiger charge is 2.24. The van der Waals surface area contributed by atoms with E-state index in [9.17, 15) is 4.79 Å². The predicted molar refractivity (Wildman–Crippen MR) is 94.8 cm³/mol. The first kappa shape index (κ1) is 17.0. The summed E-state index contributed by atoms with van der Waals surface area (Å²) in [5.74, 6) is 0.481. The minimum absolute atomic E-state index is 0.110. The Hall–Kier alpha value is -1.89. The van der Waals surface area contributed by atoms with E-state index in [1.807, 2.05) is 12.1 Å². The summed E-state index contributed by atoms with van der Waals surface area (Å²) < 4.78 is 10.7. The number of morpholine rings is 1. The minimum Gasteiger partial charge on any atom is -0.496 e. The molecule has 1 aromatic carbocycles. The highest BCUT2D eigenvalue weighted by Crippen LogP contribution is 2.24. The average molecular weight is 346 g/mol. The molecule has 2 aromatic rings. The summed E-state index contributed by atoms with van der Waals surface area (Å²) in [7, 11) is 1.58. The number of methoxy groups -OCH3 is 1. The SMILES string of the molecule is COc1ccccc1C(=O)NCC(c1ccsc1)N1CCOCC1. The van der Waals surface area contributed by atoms with Crippen molar-refractivity contribution in [3.8, 4) is 5.75 Å². The molecule has 6 heteroatoms. The number of rotatable bonds is 6. The molecule has 1 aromatic heterocycles. The van der Waals surface area contributed by atoms with Crippen LogP contribution in [0.15, 0.2) is 41.1 Å². The molecule has 1 amide bonds. The van der Waals surface area contributed by atoms with Crippen molar-refractivity contribution in [2.24, 2.45) is 0 Å². The number of carbonyl (C=O) groups excluding carboxylic acids is 1. The van der Waals surface area contributed by atoms with E-state index >= 15 is 0 Å². The first-order valence-corrected chi connectivity index (χ1v) is 8.99. The van der Waals surface area contributed by atoms with Crippen LogP contribution in [0.3, 0.4) is 0 Å². The highest BCUT2D eigenvalue weighted by molar-refractivity contribution is 7.07. The van der Waals surface area contributed by atoms with Gasteiger partial charge < -0.3 is 14.8 Å². The van der Waals surface area contributed by atoms with E-state index in [-0.39, 0.29) is 11.9 Å². The summed E-state index contributed by atoms with van der Waals surface area (Å²) in [6.07, 6.45) is 0. The normalized spacial score (nSPS) is 16.5. The number of thiophene rings is 1. The van der Waals surface area contributed by atoms with Gasteiger partial charge in [0, 0.05) is 19.6 Å². The molecule has 5 nitrogen and oxygen atoms in total. The summed E-state index contributed by atoms with van der Waals surface area (Å²) >= 11 is 1.68. The monoisotopic (exact) mass is 346 g/mol. The molecule has 1 N–H and O–H groups in total. The van der Waals surface area contributed by atoms with Crippen molar-refractivity contribution in [1.82, 2.24) is 10.2 Å². The molecule has 0 aliphatic carbocycles. The highest BCUT2D eigenvalue weighted by atomic mass is 32.1. The maximum Gasteiger partial charge on any atom is 0.255 e. The van der Waals surface area contributed by atoms with Gasteiger partial charge in [0.05, 0.1) is 31.9 Å². The Morgan fingerprint density at radius 2 is 2.12 bits per heavy atom. The number of para-hydroxylation sites is 1. The summed E-state index contributed by atoms with van der Waals surface area (Å²) in [6, 6.07) is 9.57. The molecule has 24 heavy (non-hydrogen) atoms. The molecular formula is C18H22N2O3S. The summed E-state index contributed by atoms with van der Waals surface area (Å²) in [6.45, 7) is 3.80. The summed E-state index contributed by atoms with van der Waals surface area (Å²) in [5.41, 5.74) is 1.80. The van der Waals surface area contributed by atoms with E-state index < -0.39 is 0 Å². The standard InChI is InChI=1S/C18H22N2O3S/c1-22-17-5-3-2-4-15(17)18(21)19-12-16(14-6-11-24-13-14)20-7-9-23-10-8-20/h2-6,11,13,16H,7-10,12H2,1H3,(H,19,21). The van der Waals surface area contributed by atoms with E-state index in [0.717, 1.165) is 26.3 Å². The van der Waals surface area contributed by atoms with Gasteiger partial charge in [0.2, 0.25) is 0 Å². The van der Waals surface area contributed by atoms with Crippen molar-refractivity contribution in [2.45, 2.75) is 6.04 Å². The Balaban J connectivity index is 1.70. The molecule has 128 valence electrons. The number of hydrogen-bond donors (Lipinski definition) is 1. The quantitative estimate of drug-likeness (QED) is 0.873. The van der Waals surface area contributed by atoms with E-state index in [0.29, 0.717) is 17.9 Å². The maximum absolute atomic E-state index is 12.5. The third-order valence-corrected chi connectivity index (χ3v) is 4.92. The lowest BCUT2D eigenvalue weighted by molar-refractivity contribution is 0.0163. The van der Waals surface area contributed by atoms with Gasteiger partial charge in [0.1, 0.15) is 5.75 Å². The van der Waals surface area contributed by atoms with Crippen molar-refractivity contribution in [3.05, 3.63) is 52.2 Å². The lowest BCUT2D eigenvalue weighted by atomic mass is 10.1. The molecule has 2 heterocycles. The fourth-order valence-corrected chi connectivity index (χ4v) is 3.64. The van der Waals surface area contributed by atoms with Gasteiger partial charge in [-0.05, 0) is 34.5 Å². The molecule has 0 spiro atoms. The van der Waals surface area contributed by atoms with Crippen LogP contribution in [0.1, 0.15) is 22.0 Å². The summed E-state index contributed by atoms with van der Waals surface area (Å²) in [5, 5.41) is 7.28. The Kier molecular flexibility index (Phi) is 5.85. The van der Waals surface area contributed by atoms with Crippen molar-refractivity contribution in [2.75, 3.05) is 40.0 Å². The van der Waals surface area contributed by atoms with Crippen molar-refractivity contribution in [3.63, 3.8) is 0 Å². The molecule has 1 aliphatic heterocycles. The molecule has 0 radical (unpaired) electrons. The van der Waals surface area contributed by atoms with Crippen LogP contribution in [0.5, 0.6) is 5.75 Å². The molecule has 1 saturated heterocycles. The van der Waals surface area contributed by atoms with Crippen LogP contribution in [-0.4, -0.2) is 50.8 Å². The van der Waals surface area contributed by atoms with Crippen LogP contribution in [0.4, 0.5) is 0 Å². The zero-order valence-corrected chi connectivity index (χ0v) is 14.6. The van der Waals surface area contributed by atoms with Gasteiger partial charge in [-0.25, -0.2) is 0 Å². The molecule has 1 atom stereocenters. The second kappa shape index (κ2) is 8.28. The number of amides is 1. The van der Waals surface area contributed by atoms with Gasteiger partial charge >= 0.3 is 0 Å². The number of nitrogens with one attached hydrogen (secondary N) is 1. The molecule has 0 bridgehead atoms. The van der Waals surface area contributed by atoms with Gasteiger partial charge in [-0.15, -0.1) is 0 Å². The van der Waals surface area contributed by atoms with Crippen molar-refractivity contribution >= 4 is 17.2 Å². The van der Waals surface area contributed by atoms with Gasteiger partial charge in [-0.1, -0.05) is 12.1 Å². The molecular weight excluding hydrogens is 324 g/mol. The Morgan fingerprint density at radius 1 is 1.33 bits per heavy atom. The van der Waals surface area contributed by atoms with E-state index in [1.54, 1.807) is 30.6 Å². The third-order valence-electron chi connectivity index (χ3n) is 4.22. The van der Waals surface area contributed by atoms with Gasteiger partial charge in [-0.2, -0.15) is 11.3 Å². The maximum atomic E-state index is 12.5. The Bertz CT molecular complexity index is 654. The molecule has 1 unspecified atom stereocenters. The van der Waals surface area contributed by atoms with E-state index in [2.05, 4.69) is 27.0 Å². The topological polar surface area (TPSA) is 50.8 Å². The van der Waals surface area contributed by atoms with Crippen LogP contribution in [-0.2, 0) is 4.74 Å². The summed E-state index contributed by atoms with van der Waals surface area (Å²) in [4.78, 5) is 14.9. The van der Waals surface area contributed by atoms with Gasteiger partial charge in [0.25, 0.3) is 5.91 Å². The largest absolute Gasteiger partial charge is 0.496 e. The number of nitrogens with zero attached hydrogens (tertiary/aromatic N) is 1. The van der Waals surface area contributed by atoms with Gasteiger partial charge in [0.15, 0.2) is 0 Å². The molecule has 3 rings (SSSR count).